The van der Waals surface area contributed by atoms with Gasteiger partial charge in [0, 0.05) is 5.33 Å². The Hall–Kier alpha value is 0.235. The third kappa shape index (κ3) is 3.13. The monoisotopic (exact) mass is 348 g/mol. The van der Waals surface area contributed by atoms with Crippen LogP contribution in [0.15, 0.2) is 10.1 Å². The molecule has 0 amide bonds. The van der Waals surface area contributed by atoms with Crippen LogP contribution < -0.4 is 0 Å². The second-order valence-corrected chi connectivity index (χ2v) is 5.37. The van der Waals surface area contributed by atoms with Gasteiger partial charge in [-0.3, -0.25) is 0 Å². The molecule has 1 unspecified atom stereocenters. The van der Waals surface area contributed by atoms with E-state index in [0.717, 1.165) is 24.8 Å². The second kappa shape index (κ2) is 6.24. The Bertz CT molecular complexity index is 304. The fraction of sp³-hybridized carbons (Fsp3) is 0.727. The van der Waals surface area contributed by atoms with Gasteiger partial charge in [-0.2, -0.15) is 0 Å². The van der Waals surface area contributed by atoms with Crippen LogP contribution in [-0.4, -0.2) is 24.6 Å². The van der Waals surface area contributed by atoms with Crippen LogP contribution in [0.5, 0.6) is 0 Å². The summed E-state index contributed by atoms with van der Waals surface area (Å²) in [4.78, 5) is 11.4. The Balaban J connectivity index is 2.63. The zero-order valence-corrected chi connectivity index (χ0v) is 12.6. The smallest absolute Gasteiger partial charge is 0.345 e. The summed E-state index contributed by atoms with van der Waals surface area (Å²) in [6.07, 6.45) is 5.43. The summed E-state index contributed by atoms with van der Waals surface area (Å²) in [7, 11) is 6.02. The van der Waals surface area contributed by atoms with E-state index in [1.165, 1.54) is 12.8 Å². The minimum absolute atomic E-state index is 0.354. The molecule has 0 bridgehead atoms. The molecule has 1 rings (SSSR count). The lowest BCUT2D eigenvalue weighted by Crippen LogP contribution is -2.34. The van der Waals surface area contributed by atoms with Crippen LogP contribution in [0.1, 0.15) is 39.0 Å². The molecule has 2 nitrogen and oxygen atoms in total. The van der Waals surface area contributed by atoms with Crippen LogP contribution in [-0.2, 0) is 9.53 Å². The lowest BCUT2D eigenvalue weighted by atomic mass is 9.76. The first-order chi connectivity index (χ1) is 7.55. The zero-order valence-electron chi connectivity index (χ0n) is 9.39. The molecule has 2 radical (unpaired) electrons. The number of hydrogen-bond acceptors (Lipinski definition) is 2. The van der Waals surface area contributed by atoms with Crippen LogP contribution in [0.4, 0.5) is 0 Å². The molecular weight excluding hydrogens is 335 g/mol. The summed E-state index contributed by atoms with van der Waals surface area (Å²) in [5.74, 6) is -0.354. The molecule has 0 aromatic rings. The van der Waals surface area contributed by atoms with Gasteiger partial charge in [0.25, 0.3) is 0 Å². The predicted molar refractivity (Wildman–Crippen MR) is 73.1 cm³/mol. The molecule has 88 valence electrons. The Morgan fingerprint density at radius 1 is 1.38 bits per heavy atom. The third-order valence-corrected chi connectivity index (χ3v) is 4.34. The maximum atomic E-state index is 11.4. The number of carbonyl (C=O) groups excluding carboxylic acids is 1. The van der Waals surface area contributed by atoms with Crippen molar-refractivity contribution < 1.29 is 9.53 Å². The average molecular weight is 350 g/mol. The Morgan fingerprint density at radius 3 is 2.62 bits per heavy atom. The zero-order chi connectivity index (χ0) is 12.2. The van der Waals surface area contributed by atoms with Crippen molar-refractivity contribution in [3.63, 3.8) is 0 Å². The van der Waals surface area contributed by atoms with Crippen molar-refractivity contribution in [2.45, 2.75) is 44.5 Å². The van der Waals surface area contributed by atoms with Crippen molar-refractivity contribution in [1.82, 2.24) is 0 Å². The topological polar surface area (TPSA) is 26.3 Å². The minimum Gasteiger partial charge on any atom is -0.460 e. The standard InChI is InChI=1S/C11H15BBr2O2/c1-2-3-4-5-6-8-9(14)10(15)16-11(8,12)7-13/h2-7H2,1H3. The SMILES string of the molecule is [B]C1(CBr)OC(=O)C(Br)=C1CCCCCC. The molecule has 0 spiro atoms. The lowest BCUT2D eigenvalue weighted by Gasteiger charge is -2.24. The van der Waals surface area contributed by atoms with Gasteiger partial charge in [-0.25, -0.2) is 4.79 Å². The van der Waals surface area contributed by atoms with E-state index in [1.54, 1.807) is 0 Å². The summed E-state index contributed by atoms with van der Waals surface area (Å²) in [5.41, 5.74) is -0.0761. The first kappa shape index (κ1) is 14.3. The van der Waals surface area contributed by atoms with Crippen LogP contribution in [0.3, 0.4) is 0 Å². The molecule has 0 saturated carbocycles. The van der Waals surface area contributed by atoms with Crippen molar-refractivity contribution in [1.29, 1.82) is 0 Å². The number of alkyl halides is 1. The van der Waals surface area contributed by atoms with Gasteiger partial charge < -0.3 is 4.74 Å². The Kier molecular flexibility index (Phi) is 5.58. The summed E-state index contributed by atoms with van der Waals surface area (Å²) < 4.78 is 5.66. The highest BCUT2D eigenvalue weighted by atomic mass is 79.9. The van der Waals surface area contributed by atoms with Crippen molar-refractivity contribution >= 4 is 45.7 Å². The van der Waals surface area contributed by atoms with Crippen molar-refractivity contribution in [3.8, 4) is 0 Å². The molecular formula is C11H15BBr2O2. The van der Waals surface area contributed by atoms with Gasteiger partial charge in [0.15, 0.2) is 0 Å². The lowest BCUT2D eigenvalue weighted by molar-refractivity contribution is -0.140. The van der Waals surface area contributed by atoms with Gasteiger partial charge >= 0.3 is 5.97 Å². The highest BCUT2D eigenvalue weighted by molar-refractivity contribution is 9.12. The molecule has 0 saturated heterocycles. The van der Waals surface area contributed by atoms with Crippen LogP contribution in [0.25, 0.3) is 0 Å². The second-order valence-electron chi connectivity index (χ2n) is 4.02. The molecule has 1 atom stereocenters. The van der Waals surface area contributed by atoms with E-state index in [1.807, 2.05) is 0 Å². The summed E-state index contributed by atoms with van der Waals surface area (Å²) in [6.45, 7) is 2.17. The van der Waals surface area contributed by atoms with Crippen LogP contribution in [0.2, 0.25) is 0 Å². The Labute approximate surface area is 115 Å². The summed E-state index contributed by atoms with van der Waals surface area (Å²) in [5, 5.41) is 0.434. The molecule has 0 aromatic carbocycles. The number of carbonyl (C=O) groups is 1. The maximum absolute atomic E-state index is 11.4. The molecule has 1 aliphatic rings. The Morgan fingerprint density at radius 2 is 2.06 bits per heavy atom. The average Bonchev–Trinajstić information content (AvgIpc) is 2.48. The first-order valence-electron chi connectivity index (χ1n) is 5.52. The number of unbranched alkanes of at least 4 members (excludes halogenated alkanes) is 3. The van der Waals surface area contributed by atoms with E-state index in [2.05, 4.69) is 38.8 Å². The van der Waals surface area contributed by atoms with Gasteiger partial charge in [-0.05, 0) is 34.3 Å². The maximum Gasteiger partial charge on any atom is 0.345 e. The predicted octanol–water partition coefficient (Wildman–Crippen LogP) is 3.42. The van der Waals surface area contributed by atoms with E-state index in [9.17, 15) is 4.79 Å². The van der Waals surface area contributed by atoms with E-state index >= 15 is 0 Å². The number of hydrogen-bond donors (Lipinski definition) is 0. The quantitative estimate of drug-likeness (QED) is 0.318. The molecule has 0 aliphatic carbocycles. The van der Waals surface area contributed by atoms with Gasteiger partial charge in [-0.1, -0.05) is 42.1 Å². The third-order valence-electron chi connectivity index (χ3n) is 2.71. The molecule has 0 aromatic heterocycles. The van der Waals surface area contributed by atoms with Crippen molar-refractivity contribution in [3.05, 3.63) is 10.1 Å². The number of ether oxygens (including phenoxy) is 1. The highest BCUT2D eigenvalue weighted by Crippen LogP contribution is 2.37. The molecule has 0 N–H and O–H groups in total. The fourth-order valence-corrected chi connectivity index (χ4v) is 2.81. The van der Waals surface area contributed by atoms with E-state index in [-0.39, 0.29) is 5.97 Å². The molecule has 0 fully saturated rings. The minimum atomic E-state index is -0.956. The van der Waals surface area contributed by atoms with Crippen LogP contribution in [0, 0.1) is 0 Å². The fourth-order valence-electron chi connectivity index (χ4n) is 1.74. The van der Waals surface area contributed by atoms with E-state index in [0.29, 0.717) is 9.81 Å². The molecule has 1 aliphatic heterocycles. The van der Waals surface area contributed by atoms with E-state index in [4.69, 9.17) is 12.6 Å². The molecule has 1 heterocycles. The van der Waals surface area contributed by atoms with Gasteiger partial charge in [-0.15, -0.1) is 0 Å². The normalized spacial score (nSPS) is 25.1. The van der Waals surface area contributed by atoms with Gasteiger partial charge in [0.2, 0.25) is 0 Å². The first-order valence-corrected chi connectivity index (χ1v) is 7.44. The number of rotatable bonds is 6. The number of esters is 1. The number of halogens is 2. The summed E-state index contributed by atoms with van der Waals surface area (Å²) in [6, 6.07) is 0. The van der Waals surface area contributed by atoms with Crippen molar-refractivity contribution in [2.24, 2.45) is 0 Å². The molecule has 5 heteroatoms. The van der Waals surface area contributed by atoms with Crippen molar-refractivity contribution in [2.75, 3.05) is 5.33 Å². The van der Waals surface area contributed by atoms with Gasteiger partial charge in [0.05, 0.1) is 0 Å². The van der Waals surface area contributed by atoms with Gasteiger partial charge in [0.1, 0.15) is 17.8 Å². The van der Waals surface area contributed by atoms with E-state index < -0.39 is 5.50 Å². The molecule has 16 heavy (non-hydrogen) atoms. The highest BCUT2D eigenvalue weighted by Gasteiger charge is 2.40. The largest absolute Gasteiger partial charge is 0.460 e. The number of cyclic esters (lactones) is 1. The van der Waals surface area contributed by atoms with Crippen LogP contribution >= 0.6 is 31.9 Å². The summed E-state index contributed by atoms with van der Waals surface area (Å²) >= 11 is 6.55.